The average Bonchev–Trinajstić information content (AvgIpc) is 2.16. The van der Waals surface area contributed by atoms with E-state index in [1.165, 1.54) is 0 Å². The van der Waals surface area contributed by atoms with Crippen molar-refractivity contribution in [3.8, 4) is 0 Å². The molecular formula is C12H23NO3. The summed E-state index contributed by atoms with van der Waals surface area (Å²) in [5.41, 5.74) is 0. The molecule has 1 rings (SSSR count). The van der Waals surface area contributed by atoms with Gasteiger partial charge in [0.05, 0.1) is 18.8 Å². The van der Waals surface area contributed by atoms with Gasteiger partial charge in [0.2, 0.25) is 0 Å². The number of likely N-dealkylation sites (N-methyl/N-ethyl adjacent to an activating group) is 1. The highest BCUT2D eigenvalue weighted by Crippen LogP contribution is 2.22. The third-order valence-corrected chi connectivity index (χ3v) is 3.01. The number of nitrogens with zero attached hydrogens (tertiary/aromatic N) is 1. The van der Waals surface area contributed by atoms with Crippen molar-refractivity contribution in [1.82, 2.24) is 4.90 Å². The molecule has 0 bridgehead atoms. The van der Waals surface area contributed by atoms with E-state index in [2.05, 4.69) is 0 Å². The van der Waals surface area contributed by atoms with Crippen molar-refractivity contribution >= 4 is 5.97 Å². The highest BCUT2D eigenvalue weighted by Gasteiger charge is 2.27. The first-order chi connectivity index (χ1) is 7.50. The van der Waals surface area contributed by atoms with Gasteiger partial charge in [-0.3, -0.25) is 9.69 Å². The van der Waals surface area contributed by atoms with Gasteiger partial charge < -0.3 is 9.84 Å². The highest BCUT2D eigenvalue weighted by molar-refractivity contribution is 5.71. The van der Waals surface area contributed by atoms with Crippen LogP contribution in [0, 0.1) is 0 Å². The quantitative estimate of drug-likeness (QED) is 0.735. The molecule has 4 nitrogen and oxygen atoms in total. The monoisotopic (exact) mass is 229 g/mol. The maximum absolute atomic E-state index is 11.5. The summed E-state index contributed by atoms with van der Waals surface area (Å²) < 4.78 is 5.08. The maximum atomic E-state index is 11.5. The molecule has 1 aliphatic carbocycles. The molecule has 0 aliphatic heterocycles. The van der Waals surface area contributed by atoms with E-state index in [0.717, 1.165) is 25.7 Å². The van der Waals surface area contributed by atoms with Crippen molar-refractivity contribution < 1.29 is 14.6 Å². The molecule has 1 aliphatic rings. The Morgan fingerprint density at radius 3 is 2.62 bits per heavy atom. The molecule has 0 heterocycles. The molecule has 2 unspecified atom stereocenters. The number of rotatable bonds is 4. The summed E-state index contributed by atoms with van der Waals surface area (Å²) in [6.07, 6.45) is 3.65. The minimum Gasteiger partial charge on any atom is -0.462 e. The third kappa shape index (κ3) is 4.10. The van der Waals surface area contributed by atoms with Gasteiger partial charge in [-0.05, 0) is 33.7 Å². The van der Waals surface area contributed by atoms with Crippen molar-refractivity contribution in [3.05, 3.63) is 0 Å². The Morgan fingerprint density at radius 2 is 2.06 bits per heavy atom. The second-order valence-electron chi connectivity index (χ2n) is 4.87. The minimum atomic E-state index is -0.300. The highest BCUT2D eigenvalue weighted by atomic mass is 16.5. The van der Waals surface area contributed by atoms with Crippen molar-refractivity contribution in [1.29, 1.82) is 0 Å². The van der Waals surface area contributed by atoms with Crippen molar-refractivity contribution in [2.45, 2.75) is 57.8 Å². The molecule has 2 atom stereocenters. The number of esters is 1. The lowest BCUT2D eigenvalue weighted by Crippen LogP contribution is -2.45. The predicted molar refractivity (Wildman–Crippen MR) is 62.1 cm³/mol. The topological polar surface area (TPSA) is 49.8 Å². The van der Waals surface area contributed by atoms with E-state index < -0.39 is 0 Å². The number of hydrogen-bond donors (Lipinski definition) is 1. The van der Waals surface area contributed by atoms with Crippen LogP contribution in [0.3, 0.4) is 0 Å². The second kappa shape index (κ2) is 6.21. The first-order valence-corrected chi connectivity index (χ1v) is 6.08. The van der Waals surface area contributed by atoms with E-state index in [9.17, 15) is 9.90 Å². The Balaban J connectivity index is 2.38. The summed E-state index contributed by atoms with van der Waals surface area (Å²) in [6, 6.07) is 0.105. The standard InChI is InChI=1S/C12H23NO3/c1-9(2)16-12(15)8-13(3)10-6-4-5-7-11(10)14/h9-11,14H,4-8H2,1-3H3. The zero-order valence-electron chi connectivity index (χ0n) is 10.5. The summed E-state index contributed by atoms with van der Waals surface area (Å²) in [4.78, 5) is 13.4. The lowest BCUT2D eigenvalue weighted by Gasteiger charge is -2.34. The second-order valence-corrected chi connectivity index (χ2v) is 4.87. The Bertz CT molecular complexity index is 230. The summed E-state index contributed by atoms with van der Waals surface area (Å²) in [5.74, 6) is -0.213. The Labute approximate surface area is 97.6 Å². The number of carbonyl (C=O) groups excluding carboxylic acids is 1. The first-order valence-electron chi connectivity index (χ1n) is 6.08. The van der Waals surface area contributed by atoms with Crippen LogP contribution in [0.1, 0.15) is 39.5 Å². The predicted octanol–water partition coefficient (Wildman–Crippen LogP) is 1.17. The van der Waals surface area contributed by atoms with E-state index in [4.69, 9.17) is 4.74 Å². The molecule has 0 aromatic rings. The molecule has 4 heteroatoms. The smallest absolute Gasteiger partial charge is 0.320 e. The summed E-state index contributed by atoms with van der Waals surface area (Å²) in [5, 5.41) is 9.84. The van der Waals surface area contributed by atoms with Gasteiger partial charge in [-0.15, -0.1) is 0 Å². The molecule has 0 amide bonds. The fourth-order valence-electron chi connectivity index (χ4n) is 2.23. The Kier molecular flexibility index (Phi) is 5.22. The SMILES string of the molecule is CC(C)OC(=O)CN(C)C1CCCCC1O. The maximum Gasteiger partial charge on any atom is 0.320 e. The third-order valence-electron chi connectivity index (χ3n) is 3.01. The van der Waals surface area contributed by atoms with Crippen LogP contribution in [0.25, 0.3) is 0 Å². The number of aliphatic hydroxyl groups excluding tert-OH is 1. The summed E-state index contributed by atoms with van der Waals surface area (Å²) >= 11 is 0. The van der Waals surface area contributed by atoms with Gasteiger partial charge >= 0.3 is 5.97 Å². The number of carbonyl (C=O) groups is 1. The van der Waals surface area contributed by atoms with Crippen molar-refractivity contribution in [2.75, 3.05) is 13.6 Å². The molecule has 1 fully saturated rings. The zero-order valence-corrected chi connectivity index (χ0v) is 10.5. The molecule has 16 heavy (non-hydrogen) atoms. The minimum absolute atomic E-state index is 0.0721. The van der Waals surface area contributed by atoms with Gasteiger partial charge in [0.15, 0.2) is 0 Å². The van der Waals surface area contributed by atoms with Crippen LogP contribution in [-0.2, 0) is 9.53 Å². The molecule has 0 saturated heterocycles. The van der Waals surface area contributed by atoms with E-state index in [-0.39, 0.29) is 30.8 Å². The van der Waals surface area contributed by atoms with Crippen LogP contribution in [0.2, 0.25) is 0 Å². The van der Waals surface area contributed by atoms with Crippen LogP contribution < -0.4 is 0 Å². The molecule has 1 saturated carbocycles. The van der Waals surface area contributed by atoms with E-state index in [0.29, 0.717) is 0 Å². The molecule has 94 valence electrons. The van der Waals surface area contributed by atoms with Gasteiger partial charge in [-0.25, -0.2) is 0 Å². The van der Waals surface area contributed by atoms with E-state index >= 15 is 0 Å². The lowest BCUT2D eigenvalue weighted by atomic mass is 9.92. The molecule has 0 aromatic heterocycles. The van der Waals surface area contributed by atoms with Crippen LogP contribution in [0.5, 0.6) is 0 Å². The molecule has 0 aromatic carbocycles. The van der Waals surface area contributed by atoms with Gasteiger partial charge in [-0.2, -0.15) is 0 Å². The molecule has 0 spiro atoms. The van der Waals surface area contributed by atoms with Crippen LogP contribution in [0.15, 0.2) is 0 Å². The number of ether oxygens (including phenoxy) is 1. The summed E-state index contributed by atoms with van der Waals surface area (Å²) in [7, 11) is 1.88. The van der Waals surface area contributed by atoms with Gasteiger partial charge in [0.1, 0.15) is 0 Å². The van der Waals surface area contributed by atoms with Crippen LogP contribution in [0.4, 0.5) is 0 Å². The molecule has 1 N–H and O–H groups in total. The fraction of sp³-hybridized carbons (Fsp3) is 0.917. The van der Waals surface area contributed by atoms with E-state index in [1.54, 1.807) is 0 Å². The molecular weight excluding hydrogens is 206 g/mol. The van der Waals surface area contributed by atoms with Gasteiger partial charge in [0.25, 0.3) is 0 Å². The van der Waals surface area contributed by atoms with E-state index in [1.807, 2.05) is 25.8 Å². The number of hydrogen-bond acceptors (Lipinski definition) is 4. The Hall–Kier alpha value is -0.610. The number of aliphatic hydroxyl groups is 1. The van der Waals surface area contributed by atoms with Crippen LogP contribution in [-0.4, -0.2) is 47.8 Å². The first kappa shape index (κ1) is 13.5. The van der Waals surface area contributed by atoms with Crippen LogP contribution >= 0.6 is 0 Å². The largest absolute Gasteiger partial charge is 0.462 e. The average molecular weight is 229 g/mol. The lowest BCUT2D eigenvalue weighted by molar-refractivity contribution is -0.149. The van der Waals surface area contributed by atoms with Gasteiger partial charge in [0, 0.05) is 6.04 Å². The zero-order chi connectivity index (χ0) is 12.1. The Morgan fingerprint density at radius 1 is 1.44 bits per heavy atom. The van der Waals surface area contributed by atoms with Crippen molar-refractivity contribution in [3.63, 3.8) is 0 Å². The normalized spacial score (nSPS) is 26.1. The molecule has 0 radical (unpaired) electrons. The van der Waals surface area contributed by atoms with Crippen molar-refractivity contribution in [2.24, 2.45) is 0 Å². The summed E-state index contributed by atoms with van der Waals surface area (Å²) in [6.45, 7) is 3.95. The fourth-order valence-corrected chi connectivity index (χ4v) is 2.23. The van der Waals surface area contributed by atoms with Gasteiger partial charge in [-0.1, -0.05) is 12.8 Å².